The third-order valence-corrected chi connectivity index (χ3v) is 1.83. The van der Waals surface area contributed by atoms with E-state index in [0.717, 1.165) is 5.56 Å². The van der Waals surface area contributed by atoms with E-state index >= 15 is 0 Å². The summed E-state index contributed by atoms with van der Waals surface area (Å²) < 4.78 is 0. The molecule has 0 N–H and O–H groups in total. The average molecular weight is 169 g/mol. The maximum atomic E-state index is 8.77. The maximum absolute atomic E-state index is 8.77. The minimum Gasteiger partial charge on any atom is -0.192 e. The van der Waals surface area contributed by atoms with Gasteiger partial charge in [0.05, 0.1) is 23.3 Å². The molecule has 0 aliphatic carbocycles. The van der Waals surface area contributed by atoms with Crippen molar-refractivity contribution in [3.63, 3.8) is 0 Å². The van der Waals surface area contributed by atoms with Crippen molar-refractivity contribution in [2.45, 2.75) is 12.8 Å². The molecule has 0 aliphatic rings. The van der Waals surface area contributed by atoms with Crippen LogP contribution in [0.15, 0.2) is 18.2 Å². The Bertz CT molecular complexity index is 392. The second-order valence-electron chi connectivity index (χ2n) is 2.93. The molecule has 13 heavy (non-hydrogen) atoms. The Morgan fingerprint density at radius 3 is 2.46 bits per heavy atom. The van der Waals surface area contributed by atoms with Crippen molar-refractivity contribution in [3.8, 4) is 12.1 Å². The fraction of sp³-hybridized carbons (Fsp3) is 0.182. The molecule has 0 spiro atoms. The molecule has 2 heteroatoms. The molecule has 1 unspecified atom stereocenters. The van der Waals surface area contributed by atoms with Crippen LogP contribution >= 0.6 is 0 Å². The summed E-state index contributed by atoms with van der Waals surface area (Å²) >= 11 is 0. The summed E-state index contributed by atoms with van der Waals surface area (Å²) in [6.07, 6.45) is 0. The molecule has 1 aromatic rings. The lowest BCUT2D eigenvalue weighted by Crippen LogP contribution is -1.93. The molecule has 2 nitrogen and oxygen atoms in total. The van der Waals surface area contributed by atoms with Crippen LogP contribution in [0.4, 0.5) is 0 Å². The van der Waals surface area contributed by atoms with E-state index in [0.29, 0.717) is 11.1 Å². The first-order valence-electron chi connectivity index (χ1n) is 3.96. The Balaban J connectivity index is 3.30. The maximum Gasteiger partial charge on any atom is 0.0994 e. The molecule has 1 aromatic carbocycles. The number of hydrogen-bond acceptors (Lipinski definition) is 2. The Morgan fingerprint density at radius 2 is 2.00 bits per heavy atom. The van der Waals surface area contributed by atoms with Crippen molar-refractivity contribution < 1.29 is 0 Å². The zero-order chi connectivity index (χ0) is 9.84. The zero-order valence-corrected chi connectivity index (χ0v) is 7.41. The van der Waals surface area contributed by atoms with Crippen LogP contribution in [0, 0.1) is 29.6 Å². The van der Waals surface area contributed by atoms with Gasteiger partial charge in [0.25, 0.3) is 0 Å². The Kier molecular flexibility index (Phi) is 2.67. The van der Waals surface area contributed by atoms with Crippen LogP contribution in [0.5, 0.6) is 0 Å². The molecule has 63 valence electrons. The molecule has 0 heterocycles. The Hall–Kier alpha value is -1.80. The van der Waals surface area contributed by atoms with Gasteiger partial charge in [-0.2, -0.15) is 10.5 Å². The Morgan fingerprint density at radius 1 is 1.31 bits per heavy atom. The van der Waals surface area contributed by atoms with Gasteiger partial charge in [0.2, 0.25) is 0 Å². The van der Waals surface area contributed by atoms with Gasteiger partial charge >= 0.3 is 0 Å². The van der Waals surface area contributed by atoms with Gasteiger partial charge in [0.15, 0.2) is 0 Å². The third kappa shape index (κ3) is 1.86. The number of rotatable bonds is 1. The number of benzene rings is 1. The topological polar surface area (TPSA) is 47.6 Å². The normalized spacial score (nSPS) is 9.31. The zero-order valence-electron chi connectivity index (χ0n) is 7.41. The summed E-state index contributed by atoms with van der Waals surface area (Å²) in [4.78, 5) is 0. The highest BCUT2D eigenvalue weighted by molar-refractivity contribution is 5.45. The average Bonchev–Trinajstić information content (AvgIpc) is 2.16. The first kappa shape index (κ1) is 9.29. The second-order valence-corrected chi connectivity index (χ2v) is 2.93. The number of nitriles is 2. The highest BCUT2D eigenvalue weighted by Crippen LogP contribution is 2.19. The molecule has 0 saturated carbocycles. The summed E-state index contributed by atoms with van der Waals surface area (Å²) in [5.74, 6) is 0.0305. The molecule has 0 saturated heterocycles. The minimum atomic E-state index is 0.0305. The lowest BCUT2D eigenvalue weighted by Gasteiger charge is -2.06. The molecule has 0 amide bonds. The van der Waals surface area contributed by atoms with Crippen molar-refractivity contribution in [1.29, 1.82) is 10.5 Å². The fourth-order valence-electron chi connectivity index (χ4n) is 1.14. The van der Waals surface area contributed by atoms with Gasteiger partial charge in [-0.1, -0.05) is 6.92 Å². The minimum absolute atomic E-state index is 0.0305. The SMILES string of the molecule is [CH2]C(C)c1cc(C#N)ccc1C#N. The van der Waals surface area contributed by atoms with Crippen LogP contribution in [0.25, 0.3) is 0 Å². The van der Waals surface area contributed by atoms with Crippen molar-refractivity contribution >= 4 is 0 Å². The van der Waals surface area contributed by atoms with Gasteiger partial charge in [-0.05, 0) is 36.6 Å². The lowest BCUT2D eigenvalue weighted by atomic mass is 9.96. The van der Waals surface area contributed by atoms with Crippen molar-refractivity contribution in [3.05, 3.63) is 41.8 Å². The van der Waals surface area contributed by atoms with E-state index in [4.69, 9.17) is 10.5 Å². The number of nitrogens with zero attached hydrogens (tertiary/aromatic N) is 2. The van der Waals surface area contributed by atoms with Crippen LogP contribution in [-0.4, -0.2) is 0 Å². The quantitative estimate of drug-likeness (QED) is 0.647. The van der Waals surface area contributed by atoms with Crippen molar-refractivity contribution in [1.82, 2.24) is 0 Å². The highest BCUT2D eigenvalue weighted by atomic mass is 14.3. The summed E-state index contributed by atoms with van der Waals surface area (Å²) in [6, 6.07) is 9.14. The molecule has 0 fully saturated rings. The highest BCUT2D eigenvalue weighted by Gasteiger charge is 2.06. The first-order chi connectivity index (χ1) is 6.19. The van der Waals surface area contributed by atoms with E-state index in [9.17, 15) is 0 Å². The molecule has 1 rings (SSSR count). The van der Waals surface area contributed by atoms with Gasteiger partial charge in [-0.15, -0.1) is 0 Å². The largest absolute Gasteiger partial charge is 0.192 e. The lowest BCUT2D eigenvalue weighted by molar-refractivity contribution is 0.957. The van der Waals surface area contributed by atoms with Gasteiger partial charge in [0, 0.05) is 0 Å². The summed E-state index contributed by atoms with van der Waals surface area (Å²) in [6.45, 7) is 5.73. The Labute approximate surface area is 78.0 Å². The summed E-state index contributed by atoms with van der Waals surface area (Å²) in [5.41, 5.74) is 2.01. The standard InChI is InChI=1S/C11H9N2/c1-8(2)11-5-9(6-12)3-4-10(11)7-13/h3-5,8H,1H2,2H3. The first-order valence-corrected chi connectivity index (χ1v) is 3.96. The monoisotopic (exact) mass is 169 g/mol. The molecule has 0 bridgehead atoms. The van der Waals surface area contributed by atoms with E-state index in [1.165, 1.54) is 0 Å². The fourth-order valence-corrected chi connectivity index (χ4v) is 1.14. The van der Waals surface area contributed by atoms with Crippen LogP contribution in [0.2, 0.25) is 0 Å². The molecular weight excluding hydrogens is 160 g/mol. The molecular formula is C11H9N2. The molecule has 0 aliphatic heterocycles. The van der Waals surface area contributed by atoms with Crippen LogP contribution in [0.1, 0.15) is 29.5 Å². The van der Waals surface area contributed by atoms with Gasteiger partial charge in [0.1, 0.15) is 0 Å². The predicted octanol–water partition coefficient (Wildman–Crippen LogP) is 2.37. The van der Waals surface area contributed by atoms with Gasteiger partial charge in [-0.25, -0.2) is 0 Å². The van der Waals surface area contributed by atoms with Crippen LogP contribution < -0.4 is 0 Å². The van der Waals surface area contributed by atoms with Gasteiger partial charge < -0.3 is 0 Å². The van der Waals surface area contributed by atoms with Crippen molar-refractivity contribution in [2.24, 2.45) is 0 Å². The summed E-state index contributed by atoms with van der Waals surface area (Å²) in [7, 11) is 0. The summed E-state index contributed by atoms with van der Waals surface area (Å²) in [5, 5.41) is 17.4. The predicted molar refractivity (Wildman–Crippen MR) is 49.6 cm³/mol. The van der Waals surface area contributed by atoms with Gasteiger partial charge in [-0.3, -0.25) is 0 Å². The van der Waals surface area contributed by atoms with E-state index in [2.05, 4.69) is 13.0 Å². The third-order valence-electron chi connectivity index (χ3n) is 1.83. The smallest absolute Gasteiger partial charge is 0.0994 e. The van der Waals surface area contributed by atoms with E-state index in [1.54, 1.807) is 18.2 Å². The van der Waals surface area contributed by atoms with Crippen LogP contribution in [-0.2, 0) is 0 Å². The molecule has 0 aromatic heterocycles. The molecule has 1 radical (unpaired) electrons. The second kappa shape index (κ2) is 3.74. The van der Waals surface area contributed by atoms with E-state index in [-0.39, 0.29) is 5.92 Å². The van der Waals surface area contributed by atoms with E-state index < -0.39 is 0 Å². The molecule has 1 atom stereocenters. The number of hydrogen-bond donors (Lipinski definition) is 0. The van der Waals surface area contributed by atoms with E-state index in [1.807, 2.05) is 13.0 Å². The van der Waals surface area contributed by atoms with Crippen LogP contribution in [0.3, 0.4) is 0 Å². The van der Waals surface area contributed by atoms with Crippen molar-refractivity contribution in [2.75, 3.05) is 0 Å².